The number of amides is 1. The summed E-state index contributed by atoms with van der Waals surface area (Å²) in [4.78, 5) is 21.1. The quantitative estimate of drug-likeness (QED) is 0.719. The van der Waals surface area contributed by atoms with Crippen molar-refractivity contribution >= 4 is 23.5 Å². The number of pyridine rings is 1. The van der Waals surface area contributed by atoms with Gasteiger partial charge in [-0.15, -0.1) is 11.8 Å². The molecule has 1 saturated heterocycles. The van der Waals surface area contributed by atoms with E-state index in [0.717, 1.165) is 22.9 Å². The second-order valence-corrected chi connectivity index (χ2v) is 7.35. The summed E-state index contributed by atoms with van der Waals surface area (Å²) >= 11 is 1.65. The maximum absolute atomic E-state index is 12.6. The van der Waals surface area contributed by atoms with Gasteiger partial charge in [0.25, 0.3) is 0 Å². The lowest BCUT2D eigenvalue weighted by molar-refractivity contribution is -0.137. The molecular formula is C19H20F3N3OS. The number of benzene rings is 1. The number of nitrogens with zero attached hydrogens (tertiary/aromatic N) is 3. The molecule has 4 nitrogen and oxygen atoms in total. The number of hydrogen-bond donors (Lipinski definition) is 0. The molecule has 27 heavy (non-hydrogen) atoms. The average molecular weight is 395 g/mol. The zero-order valence-corrected chi connectivity index (χ0v) is 15.5. The molecule has 2 aromatic rings. The summed E-state index contributed by atoms with van der Waals surface area (Å²) in [7, 11) is 0. The van der Waals surface area contributed by atoms with Crippen molar-refractivity contribution in [3.8, 4) is 0 Å². The van der Waals surface area contributed by atoms with Crippen LogP contribution in [0.4, 0.5) is 19.0 Å². The first-order valence-electron chi connectivity index (χ1n) is 8.67. The summed E-state index contributed by atoms with van der Waals surface area (Å²) in [5.41, 5.74) is -0.754. The molecule has 0 radical (unpaired) electrons. The largest absolute Gasteiger partial charge is 0.417 e. The number of thioether (sulfide) groups is 1. The molecule has 1 fully saturated rings. The normalized spacial score (nSPS) is 15.1. The van der Waals surface area contributed by atoms with Crippen LogP contribution in [0, 0.1) is 0 Å². The van der Waals surface area contributed by atoms with Crippen LogP contribution in [-0.4, -0.2) is 47.7 Å². The van der Waals surface area contributed by atoms with Gasteiger partial charge in [0.05, 0.1) is 5.56 Å². The van der Waals surface area contributed by atoms with E-state index in [0.29, 0.717) is 38.4 Å². The van der Waals surface area contributed by atoms with E-state index >= 15 is 0 Å². The van der Waals surface area contributed by atoms with Gasteiger partial charge in [-0.25, -0.2) is 4.98 Å². The molecule has 0 N–H and O–H groups in total. The Morgan fingerprint density at radius 1 is 1.04 bits per heavy atom. The average Bonchev–Trinajstić information content (AvgIpc) is 2.68. The summed E-state index contributed by atoms with van der Waals surface area (Å²) in [6.45, 7) is 2.24. The Hall–Kier alpha value is -2.22. The minimum atomic E-state index is -4.38. The summed E-state index contributed by atoms with van der Waals surface area (Å²) in [5.74, 6) is 1.34. The zero-order valence-electron chi connectivity index (χ0n) is 14.7. The number of alkyl halides is 3. The van der Waals surface area contributed by atoms with E-state index in [9.17, 15) is 18.0 Å². The number of halogens is 3. The first kappa shape index (κ1) is 19.5. The molecule has 1 amide bonds. The van der Waals surface area contributed by atoms with Crippen molar-refractivity contribution in [3.63, 3.8) is 0 Å². The van der Waals surface area contributed by atoms with E-state index < -0.39 is 11.7 Å². The van der Waals surface area contributed by atoms with Gasteiger partial charge < -0.3 is 9.80 Å². The van der Waals surface area contributed by atoms with Crippen molar-refractivity contribution in [2.45, 2.75) is 17.5 Å². The fourth-order valence-electron chi connectivity index (χ4n) is 2.86. The van der Waals surface area contributed by atoms with Crippen LogP contribution < -0.4 is 4.90 Å². The minimum absolute atomic E-state index is 0.110. The van der Waals surface area contributed by atoms with Gasteiger partial charge in [0.2, 0.25) is 5.91 Å². The van der Waals surface area contributed by atoms with Gasteiger partial charge in [-0.3, -0.25) is 4.79 Å². The Balaban J connectivity index is 1.45. The summed E-state index contributed by atoms with van der Waals surface area (Å²) < 4.78 is 37.8. The lowest BCUT2D eigenvalue weighted by Gasteiger charge is -2.35. The standard InChI is InChI=1S/C19H20F3N3OS/c20-19(21,22)15-6-7-17(23-14-15)24-9-11-25(12-10-24)18(26)8-13-27-16-4-2-1-3-5-16/h1-7,14H,8-13H2. The van der Waals surface area contributed by atoms with Crippen LogP contribution in [0.3, 0.4) is 0 Å². The second-order valence-electron chi connectivity index (χ2n) is 6.18. The summed E-state index contributed by atoms with van der Waals surface area (Å²) in [5, 5.41) is 0. The number of carbonyl (C=O) groups excluding carboxylic acids is 1. The van der Waals surface area contributed by atoms with E-state index in [1.807, 2.05) is 40.1 Å². The molecule has 0 saturated carbocycles. The van der Waals surface area contributed by atoms with Crippen LogP contribution in [0.15, 0.2) is 53.6 Å². The highest BCUT2D eigenvalue weighted by Gasteiger charge is 2.31. The molecule has 0 bridgehead atoms. The van der Waals surface area contributed by atoms with E-state index in [1.54, 1.807) is 11.8 Å². The van der Waals surface area contributed by atoms with E-state index in [-0.39, 0.29) is 5.91 Å². The number of rotatable bonds is 5. The molecule has 3 rings (SSSR count). The van der Waals surface area contributed by atoms with Crippen LogP contribution in [0.25, 0.3) is 0 Å². The fraction of sp³-hybridized carbons (Fsp3) is 0.368. The highest BCUT2D eigenvalue weighted by atomic mass is 32.2. The zero-order chi connectivity index (χ0) is 19.3. The lowest BCUT2D eigenvalue weighted by atomic mass is 10.2. The molecule has 1 aromatic heterocycles. The summed E-state index contributed by atoms with van der Waals surface area (Å²) in [6, 6.07) is 12.4. The predicted molar refractivity (Wildman–Crippen MR) is 99.8 cm³/mol. The predicted octanol–water partition coefficient (Wildman–Crippen LogP) is 3.93. The molecule has 0 spiro atoms. The smallest absolute Gasteiger partial charge is 0.353 e. The fourth-order valence-corrected chi connectivity index (χ4v) is 3.72. The Labute approximate surface area is 160 Å². The van der Waals surface area contributed by atoms with Gasteiger partial charge in [-0.1, -0.05) is 18.2 Å². The Morgan fingerprint density at radius 3 is 2.33 bits per heavy atom. The first-order chi connectivity index (χ1) is 12.9. The third kappa shape index (κ3) is 5.38. The molecule has 1 aromatic carbocycles. The van der Waals surface area contributed by atoms with Crippen molar-refractivity contribution in [3.05, 3.63) is 54.2 Å². The lowest BCUT2D eigenvalue weighted by Crippen LogP contribution is -2.49. The maximum atomic E-state index is 12.6. The van der Waals surface area contributed by atoms with Crippen LogP contribution >= 0.6 is 11.8 Å². The van der Waals surface area contributed by atoms with Gasteiger partial charge in [0.1, 0.15) is 5.82 Å². The molecule has 2 heterocycles. The van der Waals surface area contributed by atoms with Crippen molar-refractivity contribution in [2.24, 2.45) is 0 Å². The molecule has 1 aliphatic heterocycles. The number of aromatic nitrogens is 1. The van der Waals surface area contributed by atoms with Gasteiger partial charge in [0, 0.05) is 49.4 Å². The SMILES string of the molecule is O=C(CCSc1ccccc1)N1CCN(c2ccc(C(F)(F)F)cn2)CC1. The Kier molecular flexibility index (Phi) is 6.26. The van der Waals surface area contributed by atoms with Crippen molar-refractivity contribution in [1.29, 1.82) is 0 Å². The molecule has 0 aliphatic carbocycles. The summed E-state index contributed by atoms with van der Waals surface area (Å²) in [6.07, 6.45) is -3.06. The number of piperazine rings is 1. The molecule has 1 aliphatic rings. The van der Waals surface area contributed by atoms with Gasteiger partial charge in [-0.05, 0) is 24.3 Å². The number of anilines is 1. The van der Waals surface area contributed by atoms with E-state index in [4.69, 9.17) is 0 Å². The topological polar surface area (TPSA) is 36.4 Å². The molecule has 144 valence electrons. The Bertz CT molecular complexity index is 745. The van der Waals surface area contributed by atoms with E-state index in [2.05, 4.69) is 4.98 Å². The van der Waals surface area contributed by atoms with E-state index in [1.165, 1.54) is 6.07 Å². The molecule has 0 atom stereocenters. The third-order valence-corrected chi connectivity index (χ3v) is 5.37. The molecule has 8 heteroatoms. The monoisotopic (exact) mass is 395 g/mol. The molecular weight excluding hydrogens is 375 g/mol. The first-order valence-corrected chi connectivity index (χ1v) is 9.66. The third-order valence-electron chi connectivity index (χ3n) is 4.36. The van der Waals surface area contributed by atoms with Gasteiger partial charge in [-0.2, -0.15) is 13.2 Å². The highest BCUT2D eigenvalue weighted by molar-refractivity contribution is 7.99. The van der Waals surface area contributed by atoms with Crippen LogP contribution in [-0.2, 0) is 11.0 Å². The van der Waals surface area contributed by atoms with Crippen LogP contribution in [0.5, 0.6) is 0 Å². The highest BCUT2D eigenvalue weighted by Crippen LogP contribution is 2.29. The minimum Gasteiger partial charge on any atom is -0.353 e. The van der Waals surface area contributed by atoms with Crippen molar-refractivity contribution in [2.75, 3.05) is 36.8 Å². The van der Waals surface area contributed by atoms with Crippen molar-refractivity contribution in [1.82, 2.24) is 9.88 Å². The molecule has 0 unspecified atom stereocenters. The van der Waals surface area contributed by atoms with Crippen LogP contribution in [0.1, 0.15) is 12.0 Å². The van der Waals surface area contributed by atoms with Gasteiger partial charge in [0.15, 0.2) is 0 Å². The maximum Gasteiger partial charge on any atom is 0.417 e. The van der Waals surface area contributed by atoms with Gasteiger partial charge >= 0.3 is 6.18 Å². The Morgan fingerprint density at radius 2 is 1.74 bits per heavy atom. The van der Waals surface area contributed by atoms with Crippen molar-refractivity contribution < 1.29 is 18.0 Å². The number of carbonyl (C=O) groups is 1. The number of hydrogen-bond acceptors (Lipinski definition) is 4. The van der Waals surface area contributed by atoms with Crippen LogP contribution in [0.2, 0.25) is 0 Å². The second kappa shape index (κ2) is 8.65.